The number of carbonyl (C=O) groups is 2. The van der Waals surface area contributed by atoms with E-state index in [2.05, 4.69) is 0 Å². The van der Waals surface area contributed by atoms with E-state index in [0.29, 0.717) is 6.07 Å². The summed E-state index contributed by atoms with van der Waals surface area (Å²) < 4.78 is 30.9. The van der Waals surface area contributed by atoms with Crippen molar-refractivity contribution in [1.29, 1.82) is 0 Å². The first-order chi connectivity index (χ1) is 11.3. The summed E-state index contributed by atoms with van der Waals surface area (Å²) in [6.45, 7) is 1.23. The van der Waals surface area contributed by atoms with E-state index in [9.17, 15) is 28.5 Å². The van der Waals surface area contributed by atoms with Crippen molar-refractivity contribution in [3.63, 3.8) is 0 Å². The number of rotatable bonds is 5. The fourth-order valence-corrected chi connectivity index (χ4v) is 1.97. The van der Waals surface area contributed by atoms with Gasteiger partial charge in [0.2, 0.25) is 5.78 Å². The molecular formula is C16H11F2NO5. The molecule has 0 bridgehead atoms. The molecule has 0 aliphatic rings. The van der Waals surface area contributed by atoms with Gasteiger partial charge in [-0.1, -0.05) is 12.1 Å². The number of nitrogens with zero attached hydrogens (tertiary/aromatic N) is 1. The molecule has 0 aromatic heterocycles. The number of Topliss-reactive ketones (excluding diaryl/α,β-unsaturated/α-hetero) is 1. The van der Waals surface area contributed by atoms with Crippen molar-refractivity contribution < 1.29 is 28.0 Å². The van der Waals surface area contributed by atoms with Gasteiger partial charge >= 0.3 is 5.97 Å². The number of nitro benzene ring substituents is 1. The summed E-state index contributed by atoms with van der Waals surface area (Å²) >= 11 is 0. The van der Waals surface area contributed by atoms with Crippen LogP contribution in [0.15, 0.2) is 42.5 Å². The van der Waals surface area contributed by atoms with Gasteiger partial charge in [-0.2, -0.15) is 0 Å². The minimum absolute atomic E-state index is 0.184. The number of ketones is 1. The van der Waals surface area contributed by atoms with E-state index < -0.39 is 40.1 Å². The molecule has 0 fully saturated rings. The summed E-state index contributed by atoms with van der Waals surface area (Å²) in [6, 6.07) is 7.62. The summed E-state index contributed by atoms with van der Waals surface area (Å²) in [7, 11) is 0. The van der Waals surface area contributed by atoms with Crippen molar-refractivity contribution in [2.24, 2.45) is 0 Å². The van der Waals surface area contributed by atoms with E-state index in [4.69, 9.17) is 4.74 Å². The van der Waals surface area contributed by atoms with E-state index in [-0.39, 0.29) is 11.1 Å². The van der Waals surface area contributed by atoms with Gasteiger partial charge < -0.3 is 4.74 Å². The molecule has 0 aliphatic carbocycles. The van der Waals surface area contributed by atoms with Crippen LogP contribution in [-0.4, -0.2) is 22.8 Å². The average molecular weight is 335 g/mol. The number of ether oxygens (including phenoxy) is 1. The lowest BCUT2D eigenvalue weighted by molar-refractivity contribution is -0.385. The minimum Gasteiger partial charge on any atom is -0.450 e. The standard InChI is InChI=1S/C16H11F2NO5/c1-9(15(20)10-6-7-12(17)13(18)8-10)24-16(21)11-4-2-3-5-14(11)19(22)23/h2-9H,1H3. The van der Waals surface area contributed by atoms with E-state index >= 15 is 0 Å². The van der Waals surface area contributed by atoms with Crippen LogP contribution >= 0.6 is 0 Å². The predicted octanol–water partition coefficient (Wildman–Crippen LogP) is 3.30. The monoisotopic (exact) mass is 335 g/mol. The highest BCUT2D eigenvalue weighted by molar-refractivity contribution is 6.02. The predicted molar refractivity (Wildman–Crippen MR) is 78.7 cm³/mol. The van der Waals surface area contributed by atoms with E-state index in [1.54, 1.807) is 0 Å². The molecule has 0 amide bonds. The summed E-state index contributed by atoms with van der Waals surface area (Å²) in [5, 5.41) is 10.9. The maximum atomic E-state index is 13.2. The van der Waals surface area contributed by atoms with Gasteiger partial charge in [-0.25, -0.2) is 13.6 Å². The van der Waals surface area contributed by atoms with Gasteiger partial charge in [-0.15, -0.1) is 0 Å². The smallest absolute Gasteiger partial charge is 0.345 e. The van der Waals surface area contributed by atoms with E-state index in [1.807, 2.05) is 0 Å². The third-order valence-corrected chi connectivity index (χ3v) is 3.18. The van der Waals surface area contributed by atoms with E-state index in [0.717, 1.165) is 18.2 Å². The zero-order valence-corrected chi connectivity index (χ0v) is 12.4. The maximum Gasteiger partial charge on any atom is 0.345 e. The molecule has 2 aromatic rings. The van der Waals surface area contributed by atoms with Gasteiger partial charge in [0.05, 0.1) is 4.92 Å². The molecular weight excluding hydrogens is 324 g/mol. The molecule has 1 unspecified atom stereocenters. The first-order valence-corrected chi connectivity index (χ1v) is 6.75. The van der Waals surface area contributed by atoms with Crippen molar-refractivity contribution in [1.82, 2.24) is 0 Å². The molecule has 0 N–H and O–H groups in total. The third-order valence-electron chi connectivity index (χ3n) is 3.18. The molecule has 2 rings (SSSR count). The number of para-hydroxylation sites is 1. The van der Waals surface area contributed by atoms with Crippen LogP contribution in [0.25, 0.3) is 0 Å². The van der Waals surface area contributed by atoms with Crippen molar-refractivity contribution >= 4 is 17.4 Å². The fourth-order valence-electron chi connectivity index (χ4n) is 1.97. The summed E-state index contributed by atoms with van der Waals surface area (Å²) in [5.74, 6) is -4.15. The van der Waals surface area contributed by atoms with Crippen molar-refractivity contribution in [3.8, 4) is 0 Å². The number of hydrogen-bond donors (Lipinski definition) is 0. The number of carbonyl (C=O) groups excluding carboxylic acids is 2. The second kappa shape index (κ2) is 6.95. The highest BCUT2D eigenvalue weighted by atomic mass is 19.2. The highest BCUT2D eigenvalue weighted by Crippen LogP contribution is 2.20. The maximum absolute atomic E-state index is 13.2. The van der Waals surface area contributed by atoms with Gasteiger partial charge in [-0.05, 0) is 31.2 Å². The lowest BCUT2D eigenvalue weighted by Crippen LogP contribution is -2.25. The molecule has 0 aliphatic heterocycles. The van der Waals surface area contributed by atoms with Crippen LogP contribution < -0.4 is 0 Å². The summed E-state index contributed by atoms with van der Waals surface area (Å²) in [6.07, 6.45) is -1.33. The molecule has 0 saturated heterocycles. The largest absolute Gasteiger partial charge is 0.450 e. The van der Waals surface area contributed by atoms with Crippen LogP contribution in [0, 0.1) is 21.7 Å². The Balaban J connectivity index is 2.18. The molecule has 8 heteroatoms. The topological polar surface area (TPSA) is 86.5 Å². The minimum atomic E-state index is -1.33. The molecule has 1 atom stereocenters. The Morgan fingerprint density at radius 1 is 1.12 bits per heavy atom. The van der Waals surface area contributed by atoms with E-state index in [1.165, 1.54) is 25.1 Å². The zero-order chi connectivity index (χ0) is 17.9. The fraction of sp³-hybridized carbons (Fsp3) is 0.125. The van der Waals surface area contributed by atoms with Crippen LogP contribution in [0.5, 0.6) is 0 Å². The normalized spacial score (nSPS) is 11.6. The molecule has 0 spiro atoms. The van der Waals surface area contributed by atoms with Crippen LogP contribution in [0.3, 0.4) is 0 Å². The lowest BCUT2D eigenvalue weighted by atomic mass is 10.1. The third kappa shape index (κ3) is 3.60. The Labute approximate surface area is 134 Å². The van der Waals surface area contributed by atoms with Crippen molar-refractivity contribution in [2.45, 2.75) is 13.0 Å². The Hall–Kier alpha value is -3.16. The van der Waals surface area contributed by atoms with Crippen LogP contribution in [0.4, 0.5) is 14.5 Å². The number of benzene rings is 2. The molecule has 124 valence electrons. The first-order valence-electron chi connectivity index (χ1n) is 6.75. The molecule has 0 radical (unpaired) electrons. The molecule has 24 heavy (non-hydrogen) atoms. The quantitative estimate of drug-likeness (QED) is 0.362. The highest BCUT2D eigenvalue weighted by Gasteiger charge is 2.25. The van der Waals surface area contributed by atoms with Gasteiger partial charge in [0.25, 0.3) is 5.69 Å². The molecule has 6 nitrogen and oxygen atoms in total. The number of hydrogen-bond acceptors (Lipinski definition) is 5. The molecule has 2 aromatic carbocycles. The molecule has 0 heterocycles. The molecule has 0 saturated carbocycles. The SMILES string of the molecule is CC(OC(=O)c1ccccc1[N+](=O)[O-])C(=O)c1ccc(F)c(F)c1. The summed E-state index contributed by atoms with van der Waals surface area (Å²) in [4.78, 5) is 34.3. The first kappa shape index (κ1) is 17.2. The van der Waals surface area contributed by atoms with Gasteiger partial charge in [0, 0.05) is 11.6 Å². The average Bonchev–Trinajstić information content (AvgIpc) is 2.56. The Morgan fingerprint density at radius 3 is 2.42 bits per heavy atom. The van der Waals surface area contributed by atoms with Crippen LogP contribution in [0.1, 0.15) is 27.6 Å². The Morgan fingerprint density at radius 2 is 1.79 bits per heavy atom. The zero-order valence-electron chi connectivity index (χ0n) is 12.4. The van der Waals surface area contributed by atoms with Gasteiger partial charge in [0.1, 0.15) is 5.56 Å². The van der Waals surface area contributed by atoms with Crippen LogP contribution in [0.2, 0.25) is 0 Å². The Bertz CT molecular complexity index is 822. The van der Waals surface area contributed by atoms with Crippen molar-refractivity contribution in [2.75, 3.05) is 0 Å². The summed E-state index contributed by atoms with van der Waals surface area (Å²) in [5.41, 5.74) is -0.959. The van der Waals surface area contributed by atoms with Gasteiger partial charge in [-0.3, -0.25) is 14.9 Å². The number of esters is 1. The van der Waals surface area contributed by atoms with Gasteiger partial charge in [0.15, 0.2) is 17.7 Å². The van der Waals surface area contributed by atoms with Crippen molar-refractivity contribution in [3.05, 3.63) is 75.3 Å². The second-order valence-corrected chi connectivity index (χ2v) is 4.81. The second-order valence-electron chi connectivity index (χ2n) is 4.81. The Kier molecular flexibility index (Phi) is 4.98. The number of halogens is 2. The lowest BCUT2D eigenvalue weighted by Gasteiger charge is -2.12. The number of nitro groups is 1. The van der Waals surface area contributed by atoms with Crippen LogP contribution in [-0.2, 0) is 4.74 Å².